The molecule has 0 aromatic heterocycles. The van der Waals surface area contributed by atoms with Crippen LogP contribution in [-0.2, 0) is 6.42 Å². The summed E-state index contributed by atoms with van der Waals surface area (Å²) in [4.78, 5) is 0. The Morgan fingerprint density at radius 1 is 1.26 bits per heavy atom. The monoisotopic (exact) mass is 262 g/mol. The Balaban J connectivity index is 1.97. The van der Waals surface area contributed by atoms with Gasteiger partial charge in [0.15, 0.2) is 0 Å². The maximum absolute atomic E-state index is 8.90. The summed E-state index contributed by atoms with van der Waals surface area (Å²) >= 11 is 0. The average molecular weight is 262 g/mol. The zero-order valence-corrected chi connectivity index (χ0v) is 11.6. The number of aryl methyl sites for hydroxylation is 1. The number of nitrogens with two attached hydrogens (primary N) is 1. The van der Waals surface area contributed by atoms with Crippen LogP contribution in [0.15, 0.2) is 24.3 Å². The third kappa shape index (κ3) is 4.22. The van der Waals surface area contributed by atoms with Gasteiger partial charge < -0.3 is 16.2 Å². The fourth-order valence-corrected chi connectivity index (χ4v) is 2.99. The highest BCUT2D eigenvalue weighted by atomic mass is 16.2. The Bertz CT molecular complexity index is 381. The van der Waals surface area contributed by atoms with E-state index in [1.807, 2.05) is 0 Å². The molecule has 1 saturated carbocycles. The molecule has 0 radical (unpaired) electrons. The first-order valence-corrected chi connectivity index (χ1v) is 7.50. The number of rotatable bonds is 6. The largest absolute Gasteiger partial charge is 0.396 e. The summed E-state index contributed by atoms with van der Waals surface area (Å²) in [7, 11) is 0. The van der Waals surface area contributed by atoms with E-state index < -0.39 is 0 Å². The van der Waals surface area contributed by atoms with Crippen LogP contribution in [0.4, 0.5) is 5.69 Å². The molecule has 0 heterocycles. The average Bonchev–Trinajstić information content (AvgIpc) is 2.46. The summed E-state index contributed by atoms with van der Waals surface area (Å²) in [6.07, 6.45) is 6.87. The van der Waals surface area contributed by atoms with Crippen LogP contribution in [-0.4, -0.2) is 24.3 Å². The second-order valence-corrected chi connectivity index (χ2v) is 5.56. The summed E-state index contributed by atoms with van der Waals surface area (Å²) in [6, 6.07) is 9.08. The third-order valence-electron chi connectivity index (χ3n) is 4.11. The van der Waals surface area contributed by atoms with Crippen molar-refractivity contribution in [1.82, 2.24) is 0 Å². The number of hydrogen-bond donors (Lipinski definition) is 3. The van der Waals surface area contributed by atoms with E-state index in [-0.39, 0.29) is 6.61 Å². The van der Waals surface area contributed by atoms with Crippen LogP contribution >= 0.6 is 0 Å². The van der Waals surface area contributed by atoms with Gasteiger partial charge in [-0.25, -0.2) is 0 Å². The van der Waals surface area contributed by atoms with Gasteiger partial charge in [0.25, 0.3) is 0 Å². The molecule has 2 rings (SSSR count). The number of benzene rings is 1. The van der Waals surface area contributed by atoms with E-state index >= 15 is 0 Å². The maximum atomic E-state index is 8.90. The molecule has 1 aromatic carbocycles. The molecule has 19 heavy (non-hydrogen) atoms. The van der Waals surface area contributed by atoms with E-state index in [2.05, 4.69) is 29.6 Å². The summed E-state index contributed by atoms with van der Waals surface area (Å²) in [5, 5.41) is 12.6. The standard InChI is InChI=1S/C16H26N2O/c17-12-14-7-1-2-9-16(14)18-15-8-3-5-13(11-15)6-4-10-19/h3,5,8,11,14,16,18-19H,1-2,4,6-7,9-10,12,17H2. The molecule has 3 heteroatoms. The van der Waals surface area contributed by atoms with Crippen molar-refractivity contribution in [2.24, 2.45) is 11.7 Å². The third-order valence-corrected chi connectivity index (χ3v) is 4.11. The molecule has 0 bridgehead atoms. The van der Waals surface area contributed by atoms with Gasteiger partial charge in [-0.2, -0.15) is 0 Å². The normalized spacial score (nSPS) is 23.3. The van der Waals surface area contributed by atoms with Gasteiger partial charge in [0.05, 0.1) is 0 Å². The molecular formula is C16H26N2O. The predicted octanol–water partition coefficient (Wildman–Crippen LogP) is 2.54. The summed E-state index contributed by atoms with van der Waals surface area (Å²) in [5.74, 6) is 0.606. The lowest BCUT2D eigenvalue weighted by atomic mass is 9.84. The first-order chi connectivity index (χ1) is 9.33. The van der Waals surface area contributed by atoms with E-state index in [0.29, 0.717) is 12.0 Å². The molecule has 1 aliphatic carbocycles. The van der Waals surface area contributed by atoms with E-state index in [1.165, 1.54) is 36.9 Å². The van der Waals surface area contributed by atoms with Gasteiger partial charge in [0.1, 0.15) is 0 Å². The molecule has 106 valence electrons. The predicted molar refractivity (Wildman–Crippen MR) is 80.3 cm³/mol. The van der Waals surface area contributed by atoms with E-state index in [4.69, 9.17) is 10.8 Å². The van der Waals surface area contributed by atoms with Crippen molar-refractivity contribution >= 4 is 5.69 Å². The van der Waals surface area contributed by atoms with Crippen LogP contribution < -0.4 is 11.1 Å². The SMILES string of the molecule is NCC1CCCCC1Nc1cccc(CCCO)c1. The summed E-state index contributed by atoms with van der Waals surface area (Å²) < 4.78 is 0. The molecule has 4 N–H and O–H groups in total. The van der Waals surface area contributed by atoms with E-state index in [0.717, 1.165) is 19.4 Å². The zero-order valence-electron chi connectivity index (χ0n) is 11.6. The maximum Gasteiger partial charge on any atom is 0.0434 e. The van der Waals surface area contributed by atoms with Crippen LogP contribution in [0.25, 0.3) is 0 Å². The second kappa shape index (κ2) is 7.51. The highest BCUT2D eigenvalue weighted by molar-refractivity contribution is 5.46. The number of aliphatic hydroxyl groups is 1. The minimum atomic E-state index is 0.259. The molecule has 0 spiro atoms. The minimum absolute atomic E-state index is 0.259. The van der Waals surface area contributed by atoms with Gasteiger partial charge in [0.2, 0.25) is 0 Å². The quantitative estimate of drug-likeness (QED) is 0.738. The lowest BCUT2D eigenvalue weighted by Gasteiger charge is -2.32. The second-order valence-electron chi connectivity index (χ2n) is 5.56. The molecule has 0 amide bonds. The molecule has 0 saturated heterocycles. The first kappa shape index (κ1) is 14.4. The molecule has 1 aliphatic rings. The van der Waals surface area contributed by atoms with Gasteiger partial charge in [0, 0.05) is 18.3 Å². The number of anilines is 1. The van der Waals surface area contributed by atoms with E-state index in [9.17, 15) is 0 Å². The van der Waals surface area contributed by atoms with Crippen molar-refractivity contribution < 1.29 is 5.11 Å². The van der Waals surface area contributed by atoms with Gasteiger partial charge in [-0.3, -0.25) is 0 Å². The molecule has 1 fully saturated rings. The van der Waals surface area contributed by atoms with Gasteiger partial charge >= 0.3 is 0 Å². The van der Waals surface area contributed by atoms with Crippen molar-refractivity contribution in [3.05, 3.63) is 29.8 Å². The Morgan fingerprint density at radius 2 is 2.11 bits per heavy atom. The molecular weight excluding hydrogens is 236 g/mol. The van der Waals surface area contributed by atoms with E-state index in [1.54, 1.807) is 0 Å². The number of aliphatic hydroxyl groups excluding tert-OH is 1. The molecule has 2 atom stereocenters. The van der Waals surface area contributed by atoms with Crippen LogP contribution in [0.2, 0.25) is 0 Å². The van der Waals surface area contributed by atoms with Crippen LogP contribution in [0.1, 0.15) is 37.7 Å². The van der Waals surface area contributed by atoms with Crippen LogP contribution in [0.5, 0.6) is 0 Å². The van der Waals surface area contributed by atoms with Crippen molar-refractivity contribution in [3.63, 3.8) is 0 Å². The smallest absolute Gasteiger partial charge is 0.0434 e. The first-order valence-electron chi connectivity index (χ1n) is 7.50. The highest BCUT2D eigenvalue weighted by Gasteiger charge is 2.23. The lowest BCUT2D eigenvalue weighted by molar-refractivity contribution is 0.288. The van der Waals surface area contributed by atoms with Crippen molar-refractivity contribution in [3.8, 4) is 0 Å². The van der Waals surface area contributed by atoms with Crippen molar-refractivity contribution in [1.29, 1.82) is 0 Å². The molecule has 1 aromatic rings. The van der Waals surface area contributed by atoms with Crippen molar-refractivity contribution in [2.45, 2.75) is 44.6 Å². The van der Waals surface area contributed by atoms with Crippen molar-refractivity contribution in [2.75, 3.05) is 18.5 Å². The molecule has 2 unspecified atom stereocenters. The number of hydrogen-bond acceptors (Lipinski definition) is 3. The fourth-order valence-electron chi connectivity index (χ4n) is 2.99. The Morgan fingerprint density at radius 3 is 2.89 bits per heavy atom. The van der Waals surface area contributed by atoms with Gasteiger partial charge in [-0.05, 0) is 55.8 Å². The van der Waals surface area contributed by atoms with Gasteiger partial charge in [-0.1, -0.05) is 25.0 Å². The topological polar surface area (TPSA) is 58.3 Å². The Kier molecular flexibility index (Phi) is 5.67. The molecule has 0 aliphatic heterocycles. The highest BCUT2D eigenvalue weighted by Crippen LogP contribution is 2.27. The number of nitrogens with one attached hydrogen (secondary N) is 1. The minimum Gasteiger partial charge on any atom is -0.396 e. The zero-order chi connectivity index (χ0) is 13.5. The lowest BCUT2D eigenvalue weighted by Crippen LogP contribution is -2.36. The van der Waals surface area contributed by atoms with Crippen LogP contribution in [0, 0.1) is 5.92 Å². The van der Waals surface area contributed by atoms with Crippen LogP contribution in [0.3, 0.4) is 0 Å². The van der Waals surface area contributed by atoms with Gasteiger partial charge in [-0.15, -0.1) is 0 Å². The molecule has 3 nitrogen and oxygen atoms in total. The summed E-state index contributed by atoms with van der Waals surface area (Å²) in [6.45, 7) is 1.04. The Labute approximate surface area is 116 Å². The fraction of sp³-hybridized carbons (Fsp3) is 0.625. The summed E-state index contributed by atoms with van der Waals surface area (Å²) in [5.41, 5.74) is 8.36. The Hall–Kier alpha value is -1.06.